The summed E-state index contributed by atoms with van der Waals surface area (Å²) in [5.74, 6) is 0.0694. The summed E-state index contributed by atoms with van der Waals surface area (Å²) in [6.45, 7) is 2.46. The highest BCUT2D eigenvalue weighted by atomic mass is 16.3. The van der Waals surface area contributed by atoms with Crippen molar-refractivity contribution < 1.29 is 19.8 Å². The lowest BCUT2D eigenvalue weighted by molar-refractivity contribution is 0.111. The number of aromatic hydroxyl groups is 2. The lowest BCUT2D eigenvalue weighted by Gasteiger charge is -1.92. The van der Waals surface area contributed by atoms with Crippen LogP contribution in [0.5, 0.6) is 11.5 Å². The molecule has 0 saturated heterocycles. The highest BCUT2D eigenvalue weighted by Crippen LogP contribution is 2.12. The molecule has 0 aliphatic heterocycles. The Morgan fingerprint density at radius 1 is 0.913 bits per heavy atom. The van der Waals surface area contributed by atoms with Gasteiger partial charge in [0, 0.05) is 12.6 Å². The van der Waals surface area contributed by atoms with Gasteiger partial charge in [-0.05, 0) is 31.2 Å². The molecule has 1 unspecified atom stereocenters. The van der Waals surface area contributed by atoms with E-state index in [0.29, 0.717) is 30.2 Å². The standard InChI is InChI=1S/2C7H6O2.C3H10N2/c2*8-5-6-3-1-2-4-7(6)9;1-3(5)2-4/h2*1-5,9H;3H,2,4-5H2,1H3. The molecule has 0 aliphatic rings. The first-order valence-electron chi connectivity index (χ1n) is 6.88. The predicted octanol–water partition coefficient (Wildman–Crippen LogP) is 1.70. The number of para-hydroxylation sites is 2. The van der Waals surface area contributed by atoms with Gasteiger partial charge in [0.2, 0.25) is 0 Å². The van der Waals surface area contributed by atoms with E-state index in [9.17, 15) is 9.59 Å². The zero-order chi connectivity index (χ0) is 17.7. The van der Waals surface area contributed by atoms with Crippen LogP contribution in [0.15, 0.2) is 48.5 Å². The normalized spacial score (nSPS) is 10.2. The van der Waals surface area contributed by atoms with Crippen LogP contribution in [0.25, 0.3) is 0 Å². The summed E-state index contributed by atoms with van der Waals surface area (Å²) in [6.07, 6.45) is 1.24. The van der Waals surface area contributed by atoms with Crippen LogP contribution in [0.4, 0.5) is 0 Å². The fraction of sp³-hybridized carbons (Fsp3) is 0.176. The molecule has 0 bridgehead atoms. The van der Waals surface area contributed by atoms with E-state index in [4.69, 9.17) is 21.7 Å². The Morgan fingerprint density at radius 3 is 1.39 bits per heavy atom. The van der Waals surface area contributed by atoms with E-state index in [1.54, 1.807) is 36.4 Å². The number of hydrogen-bond donors (Lipinski definition) is 4. The number of aldehydes is 2. The number of rotatable bonds is 3. The molecule has 6 N–H and O–H groups in total. The Bertz CT molecular complexity index is 551. The molecule has 2 rings (SSSR count). The van der Waals surface area contributed by atoms with Crippen LogP contribution in [0, 0.1) is 0 Å². The minimum atomic E-state index is 0.0347. The SMILES string of the molecule is CC(N)CN.O=Cc1ccccc1O.O=Cc1ccccc1O. The maximum absolute atomic E-state index is 10.1. The lowest BCUT2D eigenvalue weighted by atomic mass is 10.2. The van der Waals surface area contributed by atoms with E-state index in [2.05, 4.69) is 0 Å². The summed E-state index contributed by atoms with van der Waals surface area (Å²) < 4.78 is 0. The second-order valence-corrected chi connectivity index (χ2v) is 4.57. The second-order valence-electron chi connectivity index (χ2n) is 4.57. The maximum Gasteiger partial charge on any atom is 0.153 e. The van der Waals surface area contributed by atoms with Gasteiger partial charge in [-0.3, -0.25) is 9.59 Å². The summed E-state index contributed by atoms with van der Waals surface area (Å²) in [4.78, 5) is 20.1. The fourth-order valence-electron chi connectivity index (χ4n) is 1.17. The average Bonchev–Trinajstić information content (AvgIpc) is 2.57. The molecule has 6 nitrogen and oxygen atoms in total. The average molecular weight is 318 g/mol. The molecule has 2 aromatic carbocycles. The highest BCUT2D eigenvalue weighted by molar-refractivity contribution is 5.79. The Hall–Kier alpha value is -2.70. The van der Waals surface area contributed by atoms with Crippen molar-refractivity contribution in [3.63, 3.8) is 0 Å². The van der Waals surface area contributed by atoms with Gasteiger partial charge in [0.25, 0.3) is 0 Å². The van der Waals surface area contributed by atoms with Crippen molar-refractivity contribution in [2.75, 3.05) is 6.54 Å². The Labute approximate surface area is 135 Å². The molecule has 1 atom stereocenters. The van der Waals surface area contributed by atoms with Crippen molar-refractivity contribution in [2.24, 2.45) is 11.5 Å². The quantitative estimate of drug-likeness (QED) is 0.638. The van der Waals surface area contributed by atoms with Crippen molar-refractivity contribution in [3.05, 3.63) is 59.7 Å². The number of nitrogens with two attached hydrogens (primary N) is 2. The van der Waals surface area contributed by atoms with Crippen molar-refractivity contribution in [1.29, 1.82) is 0 Å². The molecule has 124 valence electrons. The molecular weight excluding hydrogens is 296 g/mol. The van der Waals surface area contributed by atoms with E-state index >= 15 is 0 Å². The summed E-state index contributed by atoms with van der Waals surface area (Å²) in [7, 11) is 0. The molecule has 0 amide bonds. The van der Waals surface area contributed by atoms with Crippen molar-refractivity contribution in [1.82, 2.24) is 0 Å². The fourth-order valence-corrected chi connectivity index (χ4v) is 1.17. The van der Waals surface area contributed by atoms with Crippen LogP contribution in [-0.4, -0.2) is 35.4 Å². The molecular formula is C17H22N2O4. The number of carbonyl (C=O) groups is 2. The maximum atomic E-state index is 10.1. The molecule has 0 saturated carbocycles. The Morgan fingerprint density at radius 2 is 1.22 bits per heavy atom. The molecule has 2 aromatic rings. The van der Waals surface area contributed by atoms with Crippen LogP contribution in [0.1, 0.15) is 27.6 Å². The van der Waals surface area contributed by atoms with Gasteiger partial charge >= 0.3 is 0 Å². The van der Waals surface area contributed by atoms with Gasteiger partial charge in [0.15, 0.2) is 12.6 Å². The zero-order valence-electron chi connectivity index (χ0n) is 12.9. The zero-order valence-corrected chi connectivity index (χ0v) is 12.9. The first-order chi connectivity index (χ1) is 11.0. The number of phenols is 2. The molecule has 0 radical (unpaired) electrons. The predicted molar refractivity (Wildman–Crippen MR) is 89.7 cm³/mol. The topological polar surface area (TPSA) is 127 Å². The van der Waals surface area contributed by atoms with Gasteiger partial charge in [-0.15, -0.1) is 0 Å². The third-order valence-electron chi connectivity index (χ3n) is 2.50. The van der Waals surface area contributed by atoms with E-state index in [-0.39, 0.29) is 17.5 Å². The second kappa shape index (κ2) is 11.9. The van der Waals surface area contributed by atoms with Gasteiger partial charge in [-0.2, -0.15) is 0 Å². The van der Waals surface area contributed by atoms with Crippen molar-refractivity contribution in [3.8, 4) is 11.5 Å². The van der Waals surface area contributed by atoms with Crippen LogP contribution in [-0.2, 0) is 0 Å². The van der Waals surface area contributed by atoms with Crippen LogP contribution < -0.4 is 11.5 Å². The molecule has 0 heterocycles. The van der Waals surface area contributed by atoms with Crippen molar-refractivity contribution in [2.45, 2.75) is 13.0 Å². The largest absolute Gasteiger partial charge is 0.507 e. The molecule has 0 spiro atoms. The molecule has 6 heteroatoms. The summed E-state index contributed by atoms with van der Waals surface area (Å²) in [6, 6.07) is 13.0. The number of benzene rings is 2. The van der Waals surface area contributed by atoms with Crippen LogP contribution >= 0.6 is 0 Å². The smallest absolute Gasteiger partial charge is 0.153 e. The van der Waals surface area contributed by atoms with Gasteiger partial charge in [-0.25, -0.2) is 0 Å². The number of phenolic OH excluding ortho intramolecular Hbond substituents is 2. The Kier molecular flexibility index (Phi) is 10.5. The lowest BCUT2D eigenvalue weighted by Crippen LogP contribution is -2.25. The molecule has 0 aliphatic carbocycles. The summed E-state index contributed by atoms with van der Waals surface area (Å²) in [5, 5.41) is 17.8. The first kappa shape index (κ1) is 20.3. The monoisotopic (exact) mass is 318 g/mol. The van der Waals surface area contributed by atoms with Crippen LogP contribution in [0.2, 0.25) is 0 Å². The summed E-state index contributed by atoms with van der Waals surface area (Å²) >= 11 is 0. The first-order valence-corrected chi connectivity index (χ1v) is 6.88. The van der Waals surface area contributed by atoms with E-state index in [0.717, 1.165) is 0 Å². The van der Waals surface area contributed by atoms with Gasteiger partial charge in [-0.1, -0.05) is 24.3 Å². The van der Waals surface area contributed by atoms with E-state index in [1.807, 2.05) is 6.92 Å². The third kappa shape index (κ3) is 9.02. The van der Waals surface area contributed by atoms with E-state index < -0.39 is 0 Å². The number of hydrogen-bond acceptors (Lipinski definition) is 6. The number of carbonyl (C=O) groups excluding carboxylic acids is 2. The molecule has 23 heavy (non-hydrogen) atoms. The van der Waals surface area contributed by atoms with Crippen molar-refractivity contribution >= 4 is 12.6 Å². The third-order valence-corrected chi connectivity index (χ3v) is 2.50. The summed E-state index contributed by atoms with van der Waals surface area (Å²) in [5.41, 5.74) is 10.9. The minimum Gasteiger partial charge on any atom is -0.507 e. The minimum absolute atomic E-state index is 0.0347. The Balaban J connectivity index is 0.000000332. The van der Waals surface area contributed by atoms with E-state index in [1.165, 1.54) is 12.1 Å². The van der Waals surface area contributed by atoms with Crippen LogP contribution in [0.3, 0.4) is 0 Å². The molecule has 0 aromatic heterocycles. The van der Waals surface area contributed by atoms with Gasteiger partial charge < -0.3 is 21.7 Å². The van der Waals surface area contributed by atoms with Gasteiger partial charge in [0.05, 0.1) is 11.1 Å². The van der Waals surface area contributed by atoms with Gasteiger partial charge in [0.1, 0.15) is 11.5 Å². The molecule has 0 fully saturated rings. The highest BCUT2D eigenvalue weighted by Gasteiger charge is 1.93.